The summed E-state index contributed by atoms with van der Waals surface area (Å²) in [4.78, 5) is 14.0. The highest BCUT2D eigenvalue weighted by molar-refractivity contribution is 8.03. The van der Waals surface area contributed by atoms with E-state index in [1.165, 1.54) is 24.8 Å². The number of nitrogens with zero attached hydrogens (tertiary/aromatic N) is 2. The molecule has 3 rings (SSSR count). The molecule has 2 aliphatic carbocycles. The van der Waals surface area contributed by atoms with Crippen LogP contribution in [-0.2, 0) is 14.3 Å². The van der Waals surface area contributed by atoms with Crippen molar-refractivity contribution in [1.29, 1.82) is 0 Å². The molecule has 1 aromatic heterocycles. The number of carbonyl (C=O) groups excluding carboxylic acids is 1. The minimum atomic E-state index is -2.42. The summed E-state index contributed by atoms with van der Waals surface area (Å²) in [6.45, 7) is 12.0. The van der Waals surface area contributed by atoms with Crippen LogP contribution in [0.1, 0.15) is 82.5 Å². The molecule has 0 bridgehead atoms. The predicted octanol–water partition coefficient (Wildman–Crippen LogP) is 5.84. The van der Waals surface area contributed by atoms with Crippen LogP contribution in [0.15, 0.2) is 53.6 Å². The molecule has 0 aliphatic heterocycles. The molecule has 1 heterocycles. The van der Waals surface area contributed by atoms with Gasteiger partial charge in [0.15, 0.2) is 0 Å². The first-order valence-corrected chi connectivity index (χ1v) is 14.5. The SMILES string of the molecule is C=C/C(=C\C(=C)S(=C)(C)=O)C(CC)NC(=O)C1=CCC(CC)=Cc2c1cnn2C1CCCCC1. The molecule has 1 saturated carbocycles. The predicted molar refractivity (Wildman–Crippen MR) is 146 cm³/mol. The summed E-state index contributed by atoms with van der Waals surface area (Å²) >= 11 is 0. The molecule has 0 aromatic carbocycles. The molecule has 2 atom stereocenters. The van der Waals surface area contributed by atoms with E-state index >= 15 is 0 Å². The van der Waals surface area contributed by atoms with Gasteiger partial charge in [-0.05, 0) is 65.2 Å². The first-order valence-electron chi connectivity index (χ1n) is 12.3. The van der Waals surface area contributed by atoms with Gasteiger partial charge in [-0.3, -0.25) is 13.7 Å². The topological polar surface area (TPSA) is 64.0 Å². The lowest BCUT2D eigenvalue weighted by atomic mass is 9.95. The zero-order chi connectivity index (χ0) is 24.9. The van der Waals surface area contributed by atoms with E-state index < -0.39 is 9.52 Å². The fourth-order valence-electron chi connectivity index (χ4n) is 4.67. The fraction of sp³-hybridized carbons (Fsp3) is 0.464. The first-order chi connectivity index (χ1) is 16.2. The lowest BCUT2D eigenvalue weighted by molar-refractivity contribution is -0.116. The van der Waals surface area contributed by atoms with Crippen molar-refractivity contribution in [2.45, 2.75) is 77.3 Å². The van der Waals surface area contributed by atoms with Crippen LogP contribution in [0.2, 0.25) is 0 Å². The van der Waals surface area contributed by atoms with Gasteiger partial charge in [0.1, 0.15) is 0 Å². The van der Waals surface area contributed by atoms with Crippen molar-refractivity contribution in [2.75, 3.05) is 6.26 Å². The van der Waals surface area contributed by atoms with Gasteiger partial charge in [0.2, 0.25) is 0 Å². The monoisotopic (exact) mass is 481 g/mol. The largest absolute Gasteiger partial charge is 0.345 e. The van der Waals surface area contributed by atoms with E-state index in [4.69, 9.17) is 5.10 Å². The van der Waals surface area contributed by atoms with E-state index in [1.807, 2.05) is 19.2 Å². The third kappa shape index (κ3) is 5.90. The van der Waals surface area contributed by atoms with Crippen molar-refractivity contribution in [3.63, 3.8) is 0 Å². The Morgan fingerprint density at radius 1 is 1.32 bits per heavy atom. The van der Waals surface area contributed by atoms with E-state index in [0.29, 0.717) is 22.9 Å². The van der Waals surface area contributed by atoms with Gasteiger partial charge < -0.3 is 5.32 Å². The number of aromatic nitrogens is 2. The first kappa shape index (κ1) is 26.0. The number of hydrogen-bond donors (Lipinski definition) is 1. The normalized spacial score (nSPS) is 19.7. The van der Waals surface area contributed by atoms with Crippen molar-refractivity contribution in [3.8, 4) is 0 Å². The molecule has 0 saturated heterocycles. The highest BCUT2D eigenvalue weighted by Gasteiger charge is 2.26. The van der Waals surface area contributed by atoms with Crippen LogP contribution in [0.5, 0.6) is 0 Å². The van der Waals surface area contributed by atoms with E-state index in [0.717, 1.165) is 42.5 Å². The third-order valence-corrected chi connectivity index (χ3v) is 8.11. The van der Waals surface area contributed by atoms with Gasteiger partial charge in [-0.15, -0.1) is 0 Å². The maximum atomic E-state index is 13.6. The second-order valence-electron chi connectivity index (χ2n) is 9.41. The van der Waals surface area contributed by atoms with Crippen LogP contribution in [0.3, 0.4) is 0 Å². The van der Waals surface area contributed by atoms with E-state index in [-0.39, 0.29) is 11.9 Å². The number of fused-ring (bicyclic) bond motifs is 1. The van der Waals surface area contributed by atoms with Gasteiger partial charge in [0.05, 0.1) is 24.0 Å². The summed E-state index contributed by atoms with van der Waals surface area (Å²) in [6, 6.07) is 0.119. The van der Waals surface area contributed by atoms with E-state index in [1.54, 1.807) is 18.4 Å². The Hall–Kier alpha value is -2.60. The summed E-state index contributed by atoms with van der Waals surface area (Å²) in [5, 5.41) is 7.93. The van der Waals surface area contributed by atoms with Gasteiger partial charge in [0, 0.05) is 22.3 Å². The van der Waals surface area contributed by atoms with Gasteiger partial charge >= 0.3 is 0 Å². The minimum absolute atomic E-state index is 0.132. The summed E-state index contributed by atoms with van der Waals surface area (Å²) in [5.74, 6) is 3.57. The Labute approximate surface area is 205 Å². The molecule has 0 radical (unpaired) electrons. The van der Waals surface area contributed by atoms with Gasteiger partial charge in [-0.25, -0.2) is 0 Å². The molecule has 6 heteroatoms. The molecule has 2 unspecified atom stereocenters. The molecule has 5 nitrogen and oxygen atoms in total. The minimum Gasteiger partial charge on any atom is -0.345 e. The number of rotatable bonds is 9. The third-order valence-electron chi connectivity index (χ3n) is 6.89. The molecule has 184 valence electrons. The van der Waals surface area contributed by atoms with E-state index in [9.17, 15) is 9.00 Å². The van der Waals surface area contributed by atoms with Crippen molar-refractivity contribution >= 4 is 32.9 Å². The Balaban J connectivity index is 1.92. The van der Waals surface area contributed by atoms with Crippen LogP contribution < -0.4 is 5.32 Å². The zero-order valence-electron chi connectivity index (χ0n) is 20.9. The van der Waals surface area contributed by atoms with Crippen LogP contribution >= 0.6 is 0 Å². The molecule has 1 amide bonds. The lowest BCUT2D eigenvalue weighted by Crippen LogP contribution is -2.36. The number of allylic oxidation sites excluding steroid dienone is 3. The molecular formula is C28H39N3O2S. The maximum Gasteiger partial charge on any atom is 0.252 e. The standard InChI is InChI=1S/C28H39N3O2S/c1-7-21-15-16-24(25-19-29-31(27(25)18-21)23-13-11-10-12-14-23)28(32)30-26(9-3)22(8-2)17-20(4)34(5,6)33/h8,16-19,23,26H,2,4-5,7,9-15H2,1,3,6H3,(H,30,32)/b22-17+. The molecule has 0 spiro atoms. The van der Waals surface area contributed by atoms with Crippen molar-refractivity contribution in [3.05, 3.63) is 64.9 Å². The molecule has 34 heavy (non-hydrogen) atoms. The van der Waals surface area contributed by atoms with E-state index in [2.05, 4.69) is 42.0 Å². The number of nitrogens with one attached hydrogen (secondary N) is 1. The molecule has 1 fully saturated rings. The average molecular weight is 482 g/mol. The Bertz CT molecular complexity index is 1140. The van der Waals surface area contributed by atoms with Gasteiger partial charge in [-0.2, -0.15) is 5.10 Å². The molecule has 1 aromatic rings. The summed E-state index contributed by atoms with van der Waals surface area (Å²) < 4.78 is 14.4. The Kier molecular flexibility index (Phi) is 8.58. The smallest absolute Gasteiger partial charge is 0.252 e. The Morgan fingerprint density at radius 3 is 2.62 bits per heavy atom. The van der Waals surface area contributed by atoms with Crippen molar-refractivity contribution in [1.82, 2.24) is 15.1 Å². The highest BCUT2D eigenvalue weighted by atomic mass is 32.2. The van der Waals surface area contributed by atoms with Crippen LogP contribution in [0.25, 0.3) is 11.6 Å². The van der Waals surface area contributed by atoms with Gasteiger partial charge in [-0.1, -0.05) is 64.0 Å². The average Bonchev–Trinajstić information content (AvgIpc) is 3.13. The number of hydrogen-bond acceptors (Lipinski definition) is 3. The van der Waals surface area contributed by atoms with Crippen molar-refractivity contribution < 1.29 is 9.00 Å². The summed E-state index contributed by atoms with van der Waals surface area (Å²) in [5.41, 5.74) is 4.67. The number of amides is 1. The van der Waals surface area contributed by atoms with Gasteiger partial charge in [0.25, 0.3) is 5.91 Å². The van der Waals surface area contributed by atoms with Crippen LogP contribution in [-0.4, -0.2) is 38.1 Å². The summed E-state index contributed by atoms with van der Waals surface area (Å²) in [6.07, 6.45) is 19.5. The second kappa shape index (κ2) is 11.2. The Morgan fingerprint density at radius 2 is 2.03 bits per heavy atom. The fourth-order valence-corrected chi connectivity index (χ4v) is 5.05. The zero-order valence-corrected chi connectivity index (χ0v) is 21.8. The lowest BCUT2D eigenvalue weighted by Gasteiger charge is -2.24. The molecular weight excluding hydrogens is 442 g/mol. The highest BCUT2D eigenvalue weighted by Crippen LogP contribution is 2.34. The van der Waals surface area contributed by atoms with Crippen LogP contribution in [0, 0.1) is 0 Å². The number of carbonyl (C=O) groups is 1. The molecule has 1 N–H and O–H groups in total. The van der Waals surface area contributed by atoms with Crippen LogP contribution in [0.4, 0.5) is 0 Å². The second-order valence-corrected chi connectivity index (χ2v) is 11.9. The quantitative estimate of drug-likeness (QED) is 0.356. The maximum absolute atomic E-state index is 13.6. The molecule has 2 aliphatic rings. The van der Waals surface area contributed by atoms with Crippen molar-refractivity contribution in [2.24, 2.45) is 0 Å². The summed E-state index contributed by atoms with van der Waals surface area (Å²) in [7, 11) is -2.42.